The molecule has 108 valence electrons. The Hall–Kier alpha value is -2.34. The van der Waals surface area contributed by atoms with Gasteiger partial charge in [0.15, 0.2) is 0 Å². The molecule has 0 aromatic heterocycles. The summed E-state index contributed by atoms with van der Waals surface area (Å²) in [5.41, 5.74) is 0.235. The van der Waals surface area contributed by atoms with Crippen LogP contribution in [-0.2, 0) is 4.79 Å². The number of aliphatic hydroxyl groups excluding tert-OH is 1. The number of carboxylic acids is 1. The predicted octanol–water partition coefficient (Wildman–Crippen LogP) is 0.817. The summed E-state index contributed by atoms with van der Waals surface area (Å²) in [6, 6.07) is 5.36. The van der Waals surface area contributed by atoms with E-state index in [1.165, 1.54) is 6.07 Å². The Morgan fingerprint density at radius 1 is 1.40 bits per heavy atom. The van der Waals surface area contributed by atoms with Gasteiger partial charge in [0.25, 0.3) is 5.91 Å². The number of hydrogen-bond donors (Lipinski definition) is 3. The molecule has 0 spiro atoms. The van der Waals surface area contributed by atoms with Crippen LogP contribution in [0.15, 0.2) is 36.9 Å². The van der Waals surface area contributed by atoms with Crippen molar-refractivity contribution in [2.75, 3.05) is 13.2 Å². The van der Waals surface area contributed by atoms with Crippen molar-refractivity contribution in [3.8, 4) is 5.75 Å². The maximum absolute atomic E-state index is 12.1. The number of benzene rings is 1. The van der Waals surface area contributed by atoms with Crippen LogP contribution in [0.4, 0.5) is 0 Å². The van der Waals surface area contributed by atoms with Gasteiger partial charge in [-0.3, -0.25) is 4.79 Å². The first kappa shape index (κ1) is 15.7. The van der Waals surface area contributed by atoms with Crippen LogP contribution in [-0.4, -0.2) is 41.3 Å². The monoisotopic (exact) mass is 279 g/mol. The van der Waals surface area contributed by atoms with Crippen LogP contribution in [0.2, 0.25) is 0 Å². The summed E-state index contributed by atoms with van der Waals surface area (Å²) in [6.45, 7) is 3.43. The van der Waals surface area contributed by atoms with E-state index in [4.69, 9.17) is 14.9 Å². The molecule has 1 unspecified atom stereocenters. The first-order valence-corrected chi connectivity index (χ1v) is 6.07. The number of aliphatic carboxylic acids is 1. The van der Waals surface area contributed by atoms with Gasteiger partial charge in [-0.2, -0.15) is 0 Å². The second-order valence-electron chi connectivity index (χ2n) is 3.97. The van der Waals surface area contributed by atoms with Crippen molar-refractivity contribution in [3.63, 3.8) is 0 Å². The van der Waals surface area contributed by atoms with Crippen LogP contribution >= 0.6 is 0 Å². The number of rotatable bonds is 8. The zero-order valence-corrected chi connectivity index (χ0v) is 10.9. The van der Waals surface area contributed by atoms with Gasteiger partial charge in [-0.15, -0.1) is 0 Å². The normalized spacial score (nSPS) is 11.4. The molecule has 6 nitrogen and oxygen atoms in total. The van der Waals surface area contributed by atoms with Crippen LogP contribution in [0.3, 0.4) is 0 Å². The average Bonchev–Trinajstić information content (AvgIpc) is 2.44. The van der Waals surface area contributed by atoms with Gasteiger partial charge in [0.1, 0.15) is 18.4 Å². The number of carboxylic acid groups (broad SMARTS) is 1. The van der Waals surface area contributed by atoms with Crippen LogP contribution in [0.5, 0.6) is 5.75 Å². The fourth-order valence-electron chi connectivity index (χ4n) is 1.55. The summed E-state index contributed by atoms with van der Waals surface area (Å²) in [7, 11) is 0. The van der Waals surface area contributed by atoms with E-state index in [2.05, 4.69) is 11.9 Å². The molecular formula is C14H17NO5. The molecule has 0 radical (unpaired) electrons. The summed E-state index contributed by atoms with van der Waals surface area (Å²) >= 11 is 0. The molecule has 6 heteroatoms. The van der Waals surface area contributed by atoms with Crippen molar-refractivity contribution in [3.05, 3.63) is 42.5 Å². The van der Waals surface area contributed by atoms with E-state index >= 15 is 0 Å². The summed E-state index contributed by atoms with van der Waals surface area (Å²) in [5, 5.41) is 20.1. The molecule has 20 heavy (non-hydrogen) atoms. The molecule has 1 amide bonds. The molecule has 0 aliphatic rings. The fourth-order valence-corrected chi connectivity index (χ4v) is 1.55. The third kappa shape index (κ3) is 4.40. The van der Waals surface area contributed by atoms with Crippen molar-refractivity contribution in [1.82, 2.24) is 5.32 Å². The molecule has 0 saturated carbocycles. The van der Waals surface area contributed by atoms with E-state index in [0.717, 1.165) is 0 Å². The highest BCUT2D eigenvalue weighted by molar-refractivity contribution is 5.98. The Morgan fingerprint density at radius 2 is 2.10 bits per heavy atom. The Morgan fingerprint density at radius 3 is 2.70 bits per heavy atom. The van der Waals surface area contributed by atoms with Crippen molar-refractivity contribution in [2.45, 2.75) is 12.5 Å². The van der Waals surface area contributed by atoms with Crippen LogP contribution in [0, 0.1) is 0 Å². The topological polar surface area (TPSA) is 95.9 Å². The zero-order chi connectivity index (χ0) is 15.0. The standard InChI is InChI=1S/C14H17NO5/c1-2-9-20-12-6-4-3-5-10(12)13(17)15-11(7-8-16)14(18)19/h2-6,11,16H,1,7-9H2,(H,15,17)(H,18,19). The summed E-state index contributed by atoms with van der Waals surface area (Å²) in [4.78, 5) is 23.0. The zero-order valence-electron chi connectivity index (χ0n) is 10.9. The maximum atomic E-state index is 12.1. The molecule has 0 saturated heterocycles. The third-order valence-electron chi connectivity index (χ3n) is 2.51. The van der Waals surface area contributed by atoms with Gasteiger partial charge < -0.3 is 20.3 Å². The second kappa shape index (κ2) is 7.96. The van der Waals surface area contributed by atoms with E-state index in [1.54, 1.807) is 24.3 Å². The predicted molar refractivity (Wildman–Crippen MR) is 72.7 cm³/mol. The Balaban J connectivity index is 2.85. The molecular weight excluding hydrogens is 262 g/mol. The minimum absolute atomic E-state index is 0.0588. The Kier molecular flexibility index (Phi) is 6.25. The van der Waals surface area contributed by atoms with Gasteiger partial charge in [-0.05, 0) is 12.1 Å². The molecule has 0 aliphatic carbocycles. The maximum Gasteiger partial charge on any atom is 0.326 e. The van der Waals surface area contributed by atoms with Crippen molar-refractivity contribution in [2.24, 2.45) is 0 Å². The van der Waals surface area contributed by atoms with Gasteiger partial charge in [0.05, 0.1) is 5.56 Å². The highest BCUT2D eigenvalue weighted by Gasteiger charge is 2.21. The number of para-hydroxylation sites is 1. The van der Waals surface area contributed by atoms with Crippen LogP contribution < -0.4 is 10.1 Å². The first-order chi connectivity index (χ1) is 9.60. The number of amides is 1. The lowest BCUT2D eigenvalue weighted by molar-refractivity contribution is -0.139. The van der Waals surface area contributed by atoms with Gasteiger partial charge in [-0.25, -0.2) is 4.79 Å². The van der Waals surface area contributed by atoms with Crippen molar-refractivity contribution >= 4 is 11.9 Å². The first-order valence-electron chi connectivity index (χ1n) is 6.07. The summed E-state index contributed by atoms with van der Waals surface area (Å²) < 4.78 is 5.33. The minimum Gasteiger partial charge on any atom is -0.489 e. The molecule has 0 aliphatic heterocycles. The summed E-state index contributed by atoms with van der Waals surface area (Å²) in [5.74, 6) is -1.42. The van der Waals surface area contributed by atoms with Crippen molar-refractivity contribution in [1.29, 1.82) is 0 Å². The van der Waals surface area contributed by atoms with E-state index < -0.39 is 17.9 Å². The SMILES string of the molecule is C=CCOc1ccccc1C(=O)NC(CCO)C(=O)O. The summed E-state index contributed by atoms with van der Waals surface area (Å²) in [6.07, 6.45) is 1.48. The van der Waals surface area contributed by atoms with Gasteiger partial charge in [0.2, 0.25) is 0 Å². The quantitative estimate of drug-likeness (QED) is 0.612. The molecule has 1 aromatic rings. The highest BCUT2D eigenvalue weighted by atomic mass is 16.5. The number of nitrogens with one attached hydrogen (secondary N) is 1. The van der Waals surface area contributed by atoms with E-state index in [-0.39, 0.29) is 25.2 Å². The number of hydrogen-bond acceptors (Lipinski definition) is 4. The molecule has 1 aromatic carbocycles. The van der Waals surface area contributed by atoms with Gasteiger partial charge >= 0.3 is 5.97 Å². The fraction of sp³-hybridized carbons (Fsp3) is 0.286. The number of carbonyl (C=O) groups is 2. The number of carbonyl (C=O) groups excluding carboxylic acids is 1. The molecule has 1 atom stereocenters. The lowest BCUT2D eigenvalue weighted by Crippen LogP contribution is -2.41. The minimum atomic E-state index is -1.20. The Labute approximate surface area is 116 Å². The van der Waals surface area contributed by atoms with Gasteiger partial charge in [0, 0.05) is 13.0 Å². The number of ether oxygens (including phenoxy) is 1. The molecule has 3 N–H and O–H groups in total. The molecule has 1 rings (SSSR count). The molecule has 0 heterocycles. The van der Waals surface area contributed by atoms with Gasteiger partial charge in [-0.1, -0.05) is 24.8 Å². The molecule has 0 bridgehead atoms. The number of aliphatic hydroxyl groups is 1. The second-order valence-corrected chi connectivity index (χ2v) is 3.97. The lowest BCUT2D eigenvalue weighted by atomic mass is 10.1. The smallest absolute Gasteiger partial charge is 0.326 e. The average molecular weight is 279 g/mol. The van der Waals surface area contributed by atoms with E-state index in [1.807, 2.05) is 0 Å². The van der Waals surface area contributed by atoms with Crippen LogP contribution in [0.1, 0.15) is 16.8 Å². The lowest BCUT2D eigenvalue weighted by Gasteiger charge is -2.15. The third-order valence-corrected chi connectivity index (χ3v) is 2.51. The van der Waals surface area contributed by atoms with E-state index in [9.17, 15) is 9.59 Å². The molecule has 0 fully saturated rings. The van der Waals surface area contributed by atoms with E-state index in [0.29, 0.717) is 5.75 Å². The highest BCUT2D eigenvalue weighted by Crippen LogP contribution is 2.18. The van der Waals surface area contributed by atoms with Crippen molar-refractivity contribution < 1.29 is 24.5 Å². The van der Waals surface area contributed by atoms with Crippen LogP contribution in [0.25, 0.3) is 0 Å². The Bertz CT molecular complexity index is 486. The largest absolute Gasteiger partial charge is 0.489 e.